The highest BCUT2D eigenvalue weighted by atomic mass is 79.9. The van der Waals surface area contributed by atoms with Gasteiger partial charge in [-0.2, -0.15) is 5.10 Å². The van der Waals surface area contributed by atoms with Crippen molar-refractivity contribution >= 4 is 39.6 Å². The van der Waals surface area contributed by atoms with Gasteiger partial charge in [0.2, 0.25) is 0 Å². The van der Waals surface area contributed by atoms with Gasteiger partial charge in [-0.05, 0) is 48.5 Å². The Labute approximate surface area is 170 Å². The number of rotatable bonds is 5. The fraction of sp³-hybridized carbons (Fsp3) is 0. The molecular formula is C21H16BrN3O3. The van der Waals surface area contributed by atoms with Gasteiger partial charge in [-0.25, -0.2) is 5.43 Å². The van der Waals surface area contributed by atoms with Gasteiger partial charge < -0.3 is 10.4 Å². The number of halogens is 1. The lowest BCUT2D eigenvalue weighted by Gasteiger charge is -2.10. The molecule has 0 bridgehead atoms. The molecule has 0 aliphatic rings. The fourth-order valence-electron chi connectivity index (χ4n) is 2.40. The Balaban J connectivity index is 1.72. The molecule has 0 fully saturated rings. The van der Waals surface area contributed by atoms with E-state index in [-0.39, 0.29) is 17.2 Å². The number of amides is 2. The molecule has 3 aromatic rings. The van der Waals surface area contributed by atoms with E-state index in [0.717, 1.165) is 4.47 Å². The zero-order chi connectivity index (χ0) is 19.9. The maximum atomic E-state index is 12.5. The minimum atomic E-state index is -0.488. The minimum Gasteiger partial charge on any atom is -0.507 e. The molecule has 0 saturated carbocycles. The summed E-state index contributed by atoms with van der Waals surface area (Å²) >= 11 is 3.32. The molecule has 0 aliphatic heterocycles. The molecule has 0 radical (unpaired) electrons. The number of hydrogen-bond donors (Lipinski definition) is 3. The molecule has 140 valence electrons. The van der Waals surface area contributed by atoms with Crippen LogP contribution >= 0.6 is 15.9 Å². The SMILES string of the molecule is O=C(Nc1ccccc1C(=O)N/N=C/c1ccccc1O)c1ccc(Br)cc1. The first-order valence-electron chi connectivity index (χ1n) is 8.32. The van der Waals surface area contributed by atoms with E-state index < -0.39 is 5.91 Å². The highest BCUT2D eigenvalue weighted by molar-refractivity contribution is 9.10. The number of hydrogen-bond acceptors (Lipinski definition) is 4. The summed E-state index contributed by atoms with van der Waals surface area (Å²) in [6, 6.07) is 20.1. The third kappa shape index (κ3) is 4.83. The Morgan fingerprint density at radius 3 is 2.32 bits per heavy atom. The molecule has 3 aromatic carbocycles. The molecule has 0 unspecified atom stereocenters. The van der Waals surface area contributed by atoms with Gasteiger partial charge in [-0.3, -0.25) is 9.59 Å². The van der Waals surface area contributed by atoms with Gasteiger partial charge in [-0.1, -0.05) is 40.2 Å². The molecule has 0 saturated heterocycles. The van der Waals surface area contributed by atoms with Crippen LogP contribution in [-0.4, -0.2) is 23.1 Å². The van der Waals surface area contributed by atoms with Crippen molar-refractivity contribution in [3.63, 3.8) is 0 Å². The molecule has 0 aromatic heterocycles. The van der Waals surface area contributed by atoms with Crippen molar-refractivity contribution in [3.05, 3.63) is 94.0 Å². The molecule has 0 atom stereocenters. The lowest BCUT2D eigenvalue weighted by Crippen LogP contribution is -2.21. The molecule has 2 amide bonds. The van der Waals surface area contributed by atoms with Crippen molar-refractivity contribution in [2.75, 3.05) is 5.32 Å². The van der Waals surface area contributed by atoms with Crippen molar-refractivity contribution in [2.24, 2.45) is 5.10 Å². The van der Waals surface area contributed by atoms with Crippen LogP contribution in [0.15, 0.2) is 82.4 Å². The van der Waals surface area contributed by atoms with Crippen molar-refractivity contribution in [1.29, 1.82) is 0 Å². The summed E-state index contributed by atoms with van der Waals surface area (Å²) in [4.78, 5) is 24.9. The van der Waals surface area contributed by atoms with Crippen LogP contribution < -0.4 is 10.7 Å². The molecule has 7 heteroatoms. The number of carbonyl (C=O) groups is 2. The highest BCUT2D eigenvalue weighted by Gasteiger charge is 2.13. The van der Waals surface area contributed by atoms with Gasteiger partial charge in [0.25, 0.3) is 11.8 Å². The first-order valence-corrected chi connectivity index (χ1v) is 9.11. The first-order chi connectivity index (χ1) is 13.5. The molecule has 3 N–H and O–H groups in total. The third-order valence-electron chi connectivity index (χ3n) is 3.83. The Morgan fingerprint density at radius 1 is 0.893 bits per heavy atom. The quantitative estimate of drug-likeness (QED) is 0.413. The second-order valence-corrected chi connectivity index (χ2v) is 6.68. The van der Waals surface area contributed by atoms with Crippen LogP contribution in [0.1, 0.15) is 26.3 Å². The van der Waals surface area contributed by atoms with Gasteiger partial charge in [-0.15, -0.1) is 0 Å². The summed E-state index contributed by atoms with van der Waals surface area (Å²) in [5.74, 6) is -0.758. The molecule has 0 heterocycles. The van der Waals surface area contributed by atoms with Crippen LogP contribution in [0.3, 0.4) is 0 Å². The van der Waals surface area contributed by atoms with Gasteiger partial charge in [0, 0.05) is 15.6 Å². The number of para-hydroxylation sites is 2. The number of aromatic hydroxyl groups is 1. The van der Waals surface area contributed by atoms with Crippen LogP contribution in [0, 0.1) is 0 Å². The number of benzene rings is 3. The number of anilines is 1. The average molecular weight is 438 g/mol. The Morgan fingerprint density at radius 2 is 1.57 bits per heavy atom. The highest BCUT2D eigenvalue weighted by Crippen LogP contribution is 2.18. The summed E-state index contributed by atoms with van der Waals surface area (Å²) in [6.45, 7) is 0. The monoisotopic (exact) mass is 437 g/mol. The van der Waals surface area contributed by atoms with Crippen molar-refractivity contribution in [3.8, 4) is 5.75 Å². The van der Waals surface area contributed by atoms with E-state index >= 15 is 0 Å². The summed E-state index contributed by atoms with van der Waals surface area (Å²) in [7, 11) is 0. The van der Waals surface area contributed by atoms with Crippen molar-refractivity contribution in [1.82, 2.24) is 5.43 Å². The van der Waals surface area contributed by atoms with Crippen LogP contribution in [0.2, 0.25) is 0 Å². The smallest absolute Gasteiger partial charge is 0.273 e. The molecule has 28 heavy (non-hydrogen) atoms. The van der Waals surface area contributed by atoms with Gasteiger partial charge in [0.1, 0.15) is 5.75 Å². The van der Waals surface area contributed by atoms with E-state index in [2.05, 4.69) is 31.8 Å². The van der Waals surface area contributed by atoms with Crippen LogP contribution in [-0.2, 0) is 0 Å². The lowest BCUT2D eigenvalue weighted by atomic mass is 10.1. The predicted octanol–water partition coefficient (Wildman–Crippen LogP) is 4.17. The predicted molar refractivity (Wildman–Crippen MR) is 112 cm³/mol. The Bertz CT molecular complexity index is 1030. The molecule has 3 rings (SSSR count). The third-order valence-corrected chi connectivity index (χ3v) is 4.36. The van der Waals surface area contributed by atoms with E-state index in [0.29, 0.717) is 16.8 Å². The maximum absolute atomic E-state index is 12.5. The molecule has 0 spiro atoms. The summed E-state index contributed by atoms with van der Waals surface area (Å²) in [6.07, 6.45) is 1.34. The zero-order valence-corrected chi connectivity index (χ0v) is 16.2. The molecular weight excluding hydrogens is 422 g/mol. The number of hydrazone groups is 1. The Kier molecular flexibility index (Phi) is 6.18. The fourth-order valence-corrected chi connectivity index (χ4v) is 2.67. The minimum absolute atomic E-state index is 0.0580. The number of phenolic OH excluding ortho intramolecular Hbond substituents is 1. The maximum Gasteiger partial charge on any atom is 0.273 e. The van der Waals surface area contributed by atoms with Crippen LogP contribution in [0.5, 0.6) is 5.75 Å². The largest absolute Gasteiger partial charge is 0.507 e. The van der Waals surface area contributed by atoms with E-state index in [4.69, 9.17) is 0 Å². The molecule has 0 aliphatic carbocycles. The average Bonchev–Trinajstić information content (AvgIpc) is 2.70. The number of nitrogens with zero attached hydrogens (tertiary/aromatic N) is 1. The van der Waals surface area contributed by atoms with Gasteiger partial charge >= 0.3 is 0 Å². The first kappa shape index (κ1) is 19.3. The van der Waals surface area contributed by atoms with Crippen molar-refractivity contribution in [2.45, 2.75) is 0 Å². The number of nitrogens with one attached hydrogen (secondary N) is 2. The van der Waals surface area contributed by atoms with E-state index in [9.17, 15) is 14.7 Å². The number of carbonyl (C=O) groups excluding carboxylic acids is 2. The second-order valence-electron chi connectivity index (χ2n) is 5.76. The second kappa shape index (κ2) is 8.96. The summed E-state index contributed by atoms with van der Waals surface area (Å²) in [5, 5.41) is 16.3. The van der Waals surface area contributed by atoms with Crippen LogP contribution in [0.25, 0.3) is 0 Å². The van der Waals surface area contributed by atoms with E-state index in [1.54, 1.807) is 66.7 Å². The van der Waals surface area contributed by atoms with Gasteiger partial charge in [0.15, 0.2) is 0 Å². The topological polar surface area (TPSA) is 90.8 Å². The Hall–Kier alpha value is -3.45. The van der Waals surface area contributed by atoms with E-state index in [1.165, 1.54) is 12.3 Å². The van der Waals surface area contributed by atoms with Gasteiger partial charge in [0.05, 0.1) is 17.5 Å². The summed E-state index contributed by atoms with van der Waals surface area (Å²) < 4.78 is 0.867. The molecule has 6 nitrogen and oxygen atoms in total. The normalized spacial score (nSPS) is 10.6. The number of phenols is 1. The standard InChI is InChI=1S/C21H16BrN3O3/c22-16-11-9-14(10-12-16)20(27)24-18-7-3-2-6-17(18)21(28)25-23-13-15-5-1-4-8-19(15)26/h1-13,26H,(H,24,27)(H,25,28)/b23-13+. The zero-order valence-electron chi connectivity index (χ0n) is 14.6. The lowest BCUT2D eigenvalue weighted by molar-refractivity contribution is 0.0956. The van der Waals surface area contributed by atoms with Crippen LogP contribution in [0.4, 0.5) is 5.69 Å². The van der Waals surface area contributed by atoms with Crippen molar-refractivity contribution < 1.29 is 14.7 Å². The van der Waals surface area contributed by atoms with E-state index in [1.807, 2.05) is 0 Å². The summed E-state index contributed by atoms with van der Waals surface area (Å²) in [5.41, 5.74) is 3.97.